The Labute approximate surface area is 146 Å². The molecule has 0 bridgehead atoms. The van der Waals surface area contributed by atoms with E-state index >= 15 is 0 Å². The molecule has 5 heteroatoms. The van der Waals surface area contributed by atoms with Gasteiger partial charge in [0.1, 0.15) is 17.0 Å². The normalized spacial score (nSPS) is 11.0. The fourth-order valence-corrected chi connectivity index (χ4v) is 2.60. The second-order valence-electron chi connectivity index (χ2n) is 5.37. The monoisotopic (exact) mass is 337 g/mol. The van der Waals surface area contributed by atoms with E-state index in [0.29, 0.717) is 22.8 Å². The summed E-state index contributed by atoms with van der Waals surface area (Å²) in [5, 5.41) is 10.8. The smallest absolute Gasteiger partial charge is 0.164 e. The van der Waals surface area contributed by atoms with Crippen molar-refractivity contribution in [2.75, 3.05) is 21.3 Å². The van der Waals surface area contributed by atoms with Gasteiger partial charge in [0.2, 0.25) is 0 Å². The van der Waals surface area contributed by atoms with Crippen molar-refractivity contribution in [3.63, 3.8) is 0 Å². The number of nitrogens with zero attached hydrogens (tertiary/aromatic N) is 1. The predicted molar refractivity (Wildman–Crippen MR) is 98.4 cm³/mol. The third-order valence-corrected chi connectivity index (χ3v) is 3.89. The summed E-state index contributed by atoms with van der Waals surface area (Å²) in [6, 6.07) is 12.8. The molecule has 25 heavy (non-hydrogen) atoms. The molecule has 0 amide bonds. The maximum atomic E-state index is 9.95. The summed E-state index contributed by atoms with van der Waals surface area (Å²) in [5.74, 6) is 2.05. The Kier molecular flexibility index (Phi) is 4.75. The van der Waals surface area contributed by atoms with E-state index in [1.54, 1.807) is 39.5 Å². The SMILES string of the molecule is COc1cc(OC)c(OC)cc1/C=C/c1ccc2cccc(O)c2n1. The van der Waals surface area contributed by atoms with Crippen LogP contribution in [-0.4, -0.2) is 31.4 Å². The number of ether oxygens (including phenoxy) is 3. The quantitative estimate of drug-likeness (QED) is 0.758. The van der Waals surface area contributed by atoms with E-state index in [9.17, 15) is 5.11 Å². The lowest BCUT2D eigenvalue weighted by Gasteiger charge is -2.12. The van der Waals surface area contributed by atoms with Gasteiger partial charge in [-0.2, -0.15) is 0 Å². The number of hydrogen-bond acceptors (Lipinski definition) is 5. The van der Waals surface area contributed by atoms with Gasteiger partial charge in [0.15, 0.2) is 11.5 Å². The van der Waals surface area contributed by atoms with Gasteiger partial charge in [-0.25, -0.2) is 4.98 Å². The summed E-state index contributed by atoms with van der Waals surface area (Å²) in [6.45, 7) is 0. The van der Waals surface area contributed by atoms with E-state index in [-0.39, 0.29) is 5.75 Å². The molecule has 5 nitrogen and oxygen atoms in total. The average Bonchev–Trinajstić information content (AvgIpc) is 2.66. The number of phenols is 1. The first-order valence-electron chi connectivity index (χ1n) is 7.73. The highest BCUT2D eigenvalue weighted by Gasteiger charge is 2.10. The maximum Gasteiger partial charge on any atom is 0.164 e. The molecule has 1 aromatic heterocycles. The van der Waals surface area contributed by atoms with E-state index < -0.39 is 0 Å². The van der Waals surface area contributed by atoms with Gasteiger partial charge in [-0.3, -0.25) is 0 Å². The fourth-order valence-electron chi connectivity index (χ4n) is 2.60. The van der Waals surface area contributed by atoms with Crippen molar-refractivity contribution in [2.45, 2.75) is 0 Å². The van der Waals surface area contributed by atoms with Crippen molar-refractivity contribution in [1.29, 1.82) is 0 Å². The van der Waals surface area contributed by atoms with Crippen LogP contribution in [0.3, 0.4) is 0 Å². The Bertz CT molecular complexity index is 934. The molecule has 1 N–H and O–H groups in total. The van der Waals surface area contributed by atoms with Crippen LogP contribution in [0.5, 0.6) is 23.0 Å². The molecule has 2 aromatic carbocycles. The number of aromatic nitrogens is 1. The van der Waals surface area contributed by atoms with E-state index in [1.807, 2.05) is 36.4 Å². The molecule has 0 saturated carbocycles. The number of para-hydroxylation sites is 1. The van der Waals surface area contributed by atoms with Crippen LogP contribution in [0.1, 0.15) is 11.3 Å². The molecule has 0 saturated heterocycles. The van der Waals surface area contributed by atoms with Crippen LogP contribution in [0.25, 0.3) is 23.1 Å². The molecule has 1 heterocycles. The van der Waals surface area contributed by atoms with Gasteiger partial charge >= 0.3 is 0 Å². The standard InChI is InChI=1S/C20H19NO4/c1-23-17-12-19(25-3)18(24-2)11-14(17)8-10-15-9-7-13-5-4-6-16(22)20(13)21-15/h4-12,22H,1-3H3/b10-8+. The number of benzene rings is 2. The van der Waals surface area contributed by atoms with E-state index in [2.05, 4.69) is 4.98 Å². The van der Waals surface area contributed by atoms with E-state index in [1.165, 1.54) is 0 Å². The zero-order valence-corrected chi connectivity index (χ0v) is 14.3. The number of fused-ring (bicyclic) bond motifs is 1. The van der Waals surface area contributed by atoms with Gasteiger partial charge in [-0.15, -0.1) is 0 Å². The minimum atomic E-state index is 0.163. The number of phenolic OH excluding ortho intramolecular Hbond substituents is 1. The second kappa shape index (κ2) is 7.13. The second-order valence-corrected chi connectivity index (χ2v) is 5.37. The van der Waals surface area contributed by atoms with Gasteiger partial charge in [-0.1, -0.05) is 18.2 Å². The lowest BCUT2D eigenvalue weighted by Crippen LogP contribution is -1.94. The van der Waals surface area contributed by atoms with Crippen molar-refractivity contribution in [3.8, 4) is 23.0 Å². The molecule has 3 aromatic rings. The van der Waals surface area contributed by atoms with Gasteiger partial charge in [0.05, 0.1) is 27.0 Å². The lowest BCUT2D eigenvalue weighted by molar-refractivity contribution is 0.348. The zero-order chi connectivity index (χ0) is 17.8. The molecule has 0 radical (unpaired) electrons. The minimum absolute atomic E-state index is 0.163. The highest BCUT2D eigenvalue weighted by Crippen LogP contribution is 2.35. The minimum Gasteiger partial charge on any atom is -0.506 e. The summed E-state index contributed by atoms with van der Waals surface area (Å²) < 4.78 is 16.0. The van der Waals surface area contributed by atoms with Crippen LogP contribution in [0.2, 0.25) is 0 Å². The van der Waals surface area contributed by atoms with Gasteiger partial charge < -0.3 is 19.3 Å². The Balaban J connectivity index is 2.00. The first-order valence-corrected chi connectivity index (χ1v) is 7.73. The van der Waals surface area contributed by atoms with Gasteiger partial charge in [0.25, 0.3) is 0 Å². The van der Waals surface area contributed by atoms with E-state index in [0.717, 1.165) is 16.6 Å². The highest BCUT2D eigenvalue weighted by molar-refractivity contribution is 5.86. The molecule has 128 valence electrons. The summed E-state index contributed by atoms with van der Waals surface area (Å²) in [4.78, 5) is 4.49. The topological polar surface area (TPSA) is 60.8 Å². The highest BCUT2D eigenvalue weighted by atomic mass is 16.5. The third-order valence-electron chi connectivity index (χ3n) is 3.89. The van der Waals surface area contributed by atoms with Crippen molar-refractivity contribution in [3.05, 3.63) is 53.7 Å². The lowest BCUT2D eigenvalue weighted by atomic mass is 10.1. The molecule has 0 fully saturated rings. The summed E-state index contributed by atoms with van der Waals surface area (Å²) >= 11 is 0. The molecular formula is C20H19NO4. The molecule has 0 unspecified atom stereocenters. The number of methoxy groups -OCH3 is 3. The molecule has 0 aliphatic heterocycles. The first-order chi connectivity index (χ1) is 12.2. The van der Waals surface area contributed by atoms with Crippen LogP contribution in [0.15, 0.2) is 42.5 Å². The molecule has 3 rings (SSSR count). The van der Waals surface area contributed by atoms with Crippen molar-refractivity contribution in [1.82, 2.24) is 4.98 Å². The van der Waals surface area contributed by atoms with E-state index in [4.69, 9.17) is 14.2 Å². The van der Waals surface area contributed by atoms with Gasteiger partial charge in [-0.05, 0) is 30.4 Å². The maximum absolute atomic E-state index is 9.95. The zero-order valence-electron chi connectivity index (χ0n) is 14.3. The van der Waals surface area contributed by atoms with Crippen LogP contribution >= 0.6 is 0 Å². The average molecular weight is 337 g/mol. The number of rotatable bonds is 5. The van der Waals surface area contributed by atoms with Gasteiger partial charge in [0, 0.05) is 17.0 Å². The fraction of sp³-hybridized carbons (Fsp3) is 0.150. The van der Waals surface area contributed by atoms with Crippen molar-refractivity contribution >= 4 is 23.1 Å². The molecule has 0 spiro atoms. The van der Waals surface area contributed by atoms with Crippen LogP contribution in [0, 0.1) is 0 Å². The molecule has 0 aliphatic carbocycles. The predicted octanol–water partition coefficient (Wildman–Crippen LogP) is 4.14. The number of pyridine rings is 1. The van der Waals surface area contributed by atoms with Crippen LogP contribution in [0.4, 0.5) is 0 Å². The van der Waals surface area contributed by atoms with Crippen molar-refractivity contribution < 1.29 is 19.3 Å². The Hall–Kier alpha value is -3.21. The Morgan fingerprint density at radius 2 is 1.56 bits per heavy atom. The largest absolute Gasteiger partial charge is 0.506 e. The summed E-state index contributed by atoms with van der Waals surface area (Å²) in [7, 11) is 4.77. The molecule has 0 aliphatic rings. The van der Waals surface area contributed by atoms with Crippen LogP contribution in [-0.2, 0) is 0 Å². The first kappa shape index (κ1) is 16.6. The Morgan fingerprint density at radius 1 is 0.840 bits per heavy atom. The Morgan fingerprint density at radius 3 is 2.28 bits per heavy atom. The third kappa shape index (κ3) is 3.35. The number of hydrogen-bond donors (Lipinski definition) is 1. The van der Waals surface area contributed by atoms with Crippen molar-refractivity contribution in [2.24, 2.45) is 0 Å². The number of aromatic hydroxyl groups is 1. The summed E-state index contributed by atoms with van der Waals surface area (Å²) in [6.07, 6.45) is 3.74. The van der Waals surface area contributed by atoms with Crippen LogP contribution < -0.4 is 14.2 Å². The summed E-state index contributed by atoms with van der Waals surface area (Å²) in [5.41, 5.74) is 2.13. The molecular weight excluding hydrogens is 318 g/mol. The molecule has 0 atom stereocenters.